The minimum absolute atomic E-state index is 0.0462. The number of phenolic OH excluding ortho intramolecular Hbond substituents is 1. The lowest BCUT2D eigenvalue weighted by Crippen LogP contribution is -2.21. The molecule has 2 atom stereocenters. The van der Waals surface area contributed by atoms with Crippen molar-refractivity contribution >= 4 is 27.9 Å². The van der Waals surface area contributed by atoms with E-state index in [1.165, 1.54) is 30.2 Å². The van der Waals surface area contributed by atoms with Crippen molar-refractivity contribution in [3.63, 3.8) is 0 Å². The van der Waals surface area contributed by atoms with Crippen LogP contribution in [0.15, 0.2) is 36.4 Å². The van der Waals surface area contributed by atoms with E-state index in [0.717, 1.165) is 12.0 Å². The van der Waals surface area contributed by atoms with Crippen molar-refractivity contribution in [1.29, 1.82) is 0 Å². The van der Waals surface area contributed by atoms with E-state index in [0.29, 0.717) is 14.3 Å². The molecular formula is C20H26OP2. The van der Waals surface area contributed by atoms with Gasteiger partial charge in [-0.3, -0.25) is 0 Å². The van der Waals surface area contributed by atoms with Crippen LogP contribution >= 0.6 is 16.8 Å². The third-order valence-corrected chi connectivity index (χ3v) is 7.07. The highest BCUT2D eigenvalue weighted by Crippen LogP contribution is 2.47. The number of aryl methyl sites for hydroxylation is 2. The summed E-state index contributed by atoms with van der Waals surface area (Å²) in [6.07, 6.45) is 1.00. The highest BCUT2D eigenvalue weighted by Gasteiger charge is 2.29. The molecule has 0 fully saturated rings. The minimum Gasteiger partial charge on any atom is -0.508 e. The smallest absolute Gasteiger partial charge is 0.119 e. The van der Waals surface area contributed by atoms with Gasteiger partial charge in [0, 0.05) is 10.7 Å². The van der Waals surface area contributed by atoms with Gasteiger partial charge in [0.25, 0.3) is 0 Å². The molecule has 1 N–H and O–H groups in total. The number of aromatic hydroxyl groups is 1. The molecule has 0 aromatic heterocycles. The molecule has 3 heteroatoms. The van der Waals surface area contributed by atoms with Crippen LogP contribution in [0.4, 0.5) is 0 Å². The summed E-state index contributed by atoms with van der Waals surface area (Å²) in [6, 6.07) is 12.5. The normalized spacial score (nSPS) is 14.7. The Labute approximate surface area is 143 Å². The van der Waals surface area contributed by atoms with Crippen molar-refractivity contribution in [3.05, 3.63) is 58.7 Å². The van der Waals surface area contributed by atoms with E-state index < -0.39 is 0 Å². The first kappa shape index (κ1) is 18.2. The van der Waals surface area contributed by atoms with Crippen LogP contribution in [0.2, 0.25) is 0 Å². The van der Waals surface area contributed by atoms with E-state index in [1.54, 1.807) is 0 Å². The summed E-state index contributed by atoms with van der Waals surface area (Å²) in [5, 5.41) is 11.8. The SMILES string of the molecule is CCC(C)(Pc1c(C)cccc1C=PC)c1cc(C)ccc1O. The third kappa shape index (κ3) is 4.03. The van der Waals surface area contributed by atoms with Gasteiger partial charge in [0.05, 0.1) is 0 Å². The van der Waals surface area contributed by atoms with E-state index in [-0.39, 0.29) is 5.16 Å². The summed E-state index contributed by atoms with van der Waals surface area (Å²) >= 11 is 0. The van der Waals surface area contributed by atoms with Crippen LogP contribution in [-0.2, 0) is 5.16 Å². The zero-order chi connectivity index (χ0) is 17.0. The quantitative estimate of drug-likeness (QED) is 0.724. The van der Waals surface area contributed by atoms with Crippen molar-refractivity contribution < 1.29 is 5.11 Å². The van der Waals surface area contributed by atoms with Crippen LogP contribution < -0.4 is 5.30 Å². The fourth-order valence-corrected chi connectivity index (χ4v) is 5.08. The maximum atomic E-state index is 10.4. The van der Waals surface area contributed by atoms with Crippen molar-refractivity contribution in [1.82, 2.24) is 0 Å². The molecule has 0 aliphatic heterocycles. The summed E-state index contributed by atoms with van der Waals surface area (Å²) in [5.41, 5.74) is 4.94. The van der Waals surface area contributed by atoms with Crippen molar-refractivity contribution in [2.75, 3.05) is 6.66 Å². The standard InChI is InChI=1S/C20H26OP2/c1-6-20(4,17-12-14(2)10-11-18(17)21)23-19-15(3)8-7-9-16(19)13-22-5/h7-13,21,23H,6H2,1-5H3. The van der Waals surface area contributed by atoms with E-state index in [2.05, 4.69) is 64.4 Å². The van der Waals surface area contributed by atoms with Crippen LogP contribution in [0, 0.1) is 13.8 Å². The average molecular weight is 344 g/mol. The Bertz CT molecular complexity index is 722. The Balaban J connectivity index is 2.53. The molecule has 2 rings (SSSR count). The van der Waals surface area contributed by atoms with Gasteiger partial charge in [-0.25, -0.2) is 0 Å². The highest BCUT2D eigenvalue weighted by molar-refractivity contribution is 7.49. The largest absolute Gasteiger partial charge is 0.508 e. The van der Waals surface area contributed by atoms with E-state index in [1.807, 2.05) is 12.1 Å². The number of phenols is 1. The molecule has 0 heterocycles. The van der Waals surface area contributed by atoms with Crippen molar-refractivity contribution in [2.24, 2.45) is 0 Å². The number of hydrogen-bond acceptors (Lipinski definition) is 1. The van der Waals surface area contributed by atoms with Crippen LogP contribution in [-0.4, -0.2) is 17.6 Å². The average Bonchev–Trinajstić information content (AvgIpc) is 2.53. The Morgan fingerprint density at radius 3 is 2.61 bits per heavy atom. The van der Waals surface area contributed by atoms with Crippen LogP contribution in [0.25, 0.3) is 0 Å². The van der Waals surface area contributed by atoms with Crippen LogP contribution in [0.3, 0.4) is 0 Å². The first-order valence-electron chi connectivity index (χ1n) is 8.01. The van der Waals surface area contributed by atoms with Gasteiger partial charge >= 0.3 is 0 Å². The van der Waals surface area contributed by atoms with Crippen LogP contribution in [0.1, 0.15) is 42.5 Å². The molecule has 0 radical (unpaired) electrons. The molecule has 23 heavy (non-hydrogen) atoms. The maximum absolute atomic E-state index is 10.4. The van der Waals surface area contributed by atoms with E-state index in [4.69, 9.17) is 0 Å². The van der Waals surface area contributed by atoms with Gasteiger partial charge in [0.2, 0.25) is 0 Å². The summed E-state index contributed by atoms with van der Waals surface area (Å²) in [4.78, 5) is 0. The summed E-state index contributed by atoms with van der Waals surface area (Å²) in [7, 11) is 1.91. The molecule has 2 unspecified atom stereocenters. The predicted octanol–water partition coefficient (Wildman–Crippen LogP) is 5.36. The molecule has 0 spiro atoms. The second-order valence-corrected chi connectivity index (χ2v) is 8.89. The van der Waals surface area contributed by atoms with Crippen LogP contribution in [0.5, 0.6) is 5.75 Å². The fourth-order valence-electron chi connectivity index (χ4n) is 2.82. The van der Waals surface area contributed by atoms with Gasteiger partial charge in [-0.1, -0.05) is 58.3 Å². The van der Waals surface area contributed by atoms with Gasteiger partial charge < -0.3 is 5.11 Å². The lowest BCUT2D eigenvalue weighted by Gasteiger charge is -2.31. The second kappa shape index (κ2) is 7.61. The molecule has 0 aliphatic rings. The number of rotatable bonds is 5. The van der Waals surface area contributed by atoms with Gasteiger partial charge in [0.1, 0.15) is 5.75 Å². The third-order valence-electron chi connectivity index (χ3n) is 4.43. The number of benzene rings is 2. The maximum Gasteiger partial charge on any atom is 0.119 e. The van der Waals surface area contributed by atoms with Crippen molar-refractivity contribution in [3.8, 4) is 5.75 Å². The molecule has 0 aliphatic carbocycles. The monoisotopic (exact) mass is 344 g/mol. The number of hydrogen-bond donors (Lipinski definition) is 1. The topological polar surface area (TPSA) is 20.2 Å². The van der Waals surface area contributed by atoms with Crippen molar-refractivity contribution in [2.45, 2.75) is 39.3 Å². The zero-order valence-corrected chi connectivity index (χ0v) is 16.5. The molecule has 0 amide bonds. The first-order valence-corrected chi connectivity index (χ1v) is 10.4. The molecular weight excluding hydrogens is 318 g/mol. The summed E-state index contributed by atoms with van der Waals surface area (Å²) < 4.78 is 0. The fraction of sp³-hybridized carbons (Fsp3) is 0.350. The highest BCUT2D eigenvalue weighted by atomic mass is 31.1. The summed E-state index contributed by atoms with van der Waals surface area (Å²) in [5.74, 6) is 2.70. The van der Waals surface area contributed by atoms with Gasteiger partial charge in [-0.15, -0.1) is 8.20 Å². The molecule has 122 valence electrons. The Kier molecular flexibility index (Phi) is 6.01. The van der Waals surface area contributed by atoms with Gasteiger partial charge in [0.15, 0.2) is 0 Å². The molecule has 1 nitrogen and oxygen atoms in total. The molecule has 0 bridgehead atoms. The second-order valence-electron chi connectivity index (χ2n) is 6.26. The first-order chi connectivity index (χ1) is 10.9. The molecule has 0 saturated heterocycles. The summed E-state index contributed by atoms with van der Waals surface area (Å²) in [6.45, 7) is 10.9. The predicted molar refractivity (Wildman–Crippen MR) is 108 cm³/mol. The van der Waals surface area contributed by atoms with E-state index in [9.17, 15) is 5.11 Å². The lowest BCUT2D eigenvalue weighted by atomic mass is 9.95. The Morgan fingerprint density at radius 1 is 1.22 bits per heavy atom. The molecule has 0 saturated carbocycles. The Morgan fingerprint density at radius 2 is 1.96 bits per heavy atom. The molecule has 2 aromatic rings. The van der Waals surface area contributed by atoms with E-state index >= 15 is 0 Å². The Hall–Kier alpha value is -1.16. The van der Waals surface area contributed by atoms with Gasteiger partial charge in [-0.05, 0) is 55.2 Å². The lowest BCUT2D eigenvalue weighted by molar-refractivity contribution is 0.456. The molecule has 2 aromatic carbocycles. The zero-order valence-electron chi connectivity index (χ0n) is 14.6. The van der Waals surface area contributed by atoms with Gasteiger partial charge in [-0.2, -0.15) is 0 Å². The minimum atomic E-state index is -0.0462.